The summed E-state index contributed by atoms with van der Waals surface area (Å²) in [5, 5.41) is 0. The van der Waals surface area contributed by atoms with Crippen LogP contribution >= 0.6 is 15.9 Å². The largest absolute Gasteiger partial charge is 0.344 e. The van der Waals surface area contributed by atoms with E-state index in [1.807, 2.05) is 6.07 Å². The van der Waals surface area contributed by atoms with Gasteiger partial charge in [0.25, 0.3) is 0 Å². The third kappa shape index (κ3) is 2.71. The van der Waals surface area contributed by atoms with Gasteiger partial charge in [-0.25, -0.2) is 0 Å². The van der Waals surface area contributed by atoms with E-state index >= 15 is 0 Å². The Hall–Kier alpha value is -1.35. The molecule has 1 aliphatic carbocycles. The van der Waals surface area contributed by atoms with Gasteiger partial charge in [0.2, 0.25) is 0 Å². The average molecular weight is 346 g/mol. The van der Waals surface area contributed by atoms with E-state index in [1.165, 1.54) is 17.0 Å². The highest BCUT2D eigenvalue weighted by molar-refractivity contribution is 9.10. The number of benzene rings is 1. The predicted octanol–water partition coefficient (Wildman–Crippen LogP) is 4.76. The van der Waals surface area contributed by atoms with Crippen LogP contribution in [0.25, 0.3) is 0 Å². The van der Waals surface area contributed by atoms with Crippen LogP contribution in [0.3, 0.4) is 0 Å². The zero-order valence-electron chi connectivity index (χ0n) is 12.7. The van der Waals surface area contributed by atoms with Crippen LogP contribution in [0.2, 0.25) is 0 Å². The first-order valence-corrected chi connectivity index (χ1v) is 8.12. The Balaban J connectivity index is 2.05. The molecule has 0 atom stereocenters. The normalized spacial score (nSPS) is 16.9. The molecule has 1 aliphatic rings. The van der Waals surface area contributed by atoms with Crippen molar-refractivity contribution in [3.8, 4) is 0 Å². The number of carbonyl (C=O) groups excluding carboxylic acids is 1. The fourth-order valence-corrected chi connectivity index (χ4v) is 3.63. The van der Waals surface area contributed by atoms with E-state index in [0.717, 1.165) is 23.0 Å². The molecule has 1 heterocycles. The van der Waals surface area contributed by atoms with E-state index in [9.17, 15) is 4.79 Å². The van der Waals surface area contributed by atoms with Crippen LogP contribution in [0.5, 0.6) is 0 Å². The molecule has 0 saturated heterocycles. The second kappa shape index (κ2) is 5.13. The highest BCUT2D eigenvalue weighted by Crippen LogP contribution is 2.36. The first-order valence-electron chi connectivity index (χ1n) is 7.33. The van der Waals surface area contributed by atoms with Crippen molar-refractivity contribution in [2.45, 2.75) is 40.2 Å². The molecule has 0 saturated carbocycles. The molecule has 3 rings (SSSR count). The molecular formula is C18H20BrNO. The number of fused-ring (bicyclic) bond motifs is 1. The summed E-state index contributed by atoms with van der Waals surface area (Å²) < 4.78 is 3.42. The van der Waals surface area contributed by atoms with Gasteiger partial charge in [-0.05, 0) is 36.5 Å². The van der Waals surface area contributed by atoms with Crippen molar-refractivity contribution in [2.24, 2.45) is 5.41 Å². The van der Waals surface area contributed by atoms with Crippen molar-refractivity contribution < 1.29 is 4.79 Å². The fourth-order valence-electron chi connectivity index (χ4n) is 3.22. The summed E-state index contributed by atoms with van der Waals surface area (Å²) in [6, 6.07) is 10.3. The Morgan fingerprint density at radius 3 is 2.67 bits per heavy atom. The van der Waals surface area contributed by atoms with Gasteiger partial charge in [-0.2, -0.15) is 0 Å². The van der Waals surface area contributed by atoms with Crippen LogP contribution in [0.4, 0.5) is 0 Å². The quantitative estimate of drug-likeness (QED) is 0.768. The maximum atomic E-state index is 12.4. The van der Waals surface area contributed by atoms with Crippen molar-refractivity contribution in [1.82, 2.24) is 4.57 Å². The summed E-state index contributed by atoms with van der Waals surface area (Å²) in [5.74, 6) is 0.287. The van der Waals surface area contributed by atoms with Gasteiger partial charge >= 0.3 is 0 Å². The Morgan fingerprint density at radius 1 is 1.24 bits per heavy atom. The summed E-state index contributed by atoms with van der Waals surface area (Å²) in [6.45, 7) is 7.26. The van der Waals surface area contributed by atoms with Gasteiger partial charge in [-0.15, -0.1) is 0 Å². The van der Waals surface area contributed by atoms with Crippen molar-refractivity contribution in [2.75, 3.05) is 0 Å². The number of aryl methyl sites for hydroxylation is 1. The summed E-state index contributed by atoms with van der Waals surface area (Å²) >= 11 is 3.62. The van der Waals surface area contributed by atoms with Gasteiger partial charge in [0.1, 0.15) is 0 Å². The predicted molar refractivity (Wildman–Crippen MR) is 88.8 cm³/mol. The lowest BCUT2D eigenvalue weighted by molar-refractivity contribution is 0.0910. The van der Waals surface area contributed by atoms with E-state index in [1.54, 1.807) is 0 Å². The number of carbonyl (C=O) groups is 1. The van der Waals surface area contributed by atoms with Crippen LogP contribution in [-0.2, 0) is 13.0 Å². The molecule has 3 heteroatoms. The lowest BCUT2D eigenvalue weighted by Crippen LogP contribution is -2.28. The molecule has 1 aromatic carbocycles. The Bertz CT molecular complexity index is 712. The molecule has 2 nitrogen and oxygen atoms in total. The lowest BCUT2D eigenvalue weighted by atomic mass is 9.76. The number of hydrogen-bond acceptors (Lipinski definition) is 1. The molecule has 0 bridgehead atoms. The molecule has 0 radical (unpaired) electrons. The van der Waals surface area contributed by atoms with Crippen molar-refractivity contribution >= 4 is 21.7 Å². The van der Waals surface area contributed by atoms with E-state index in [4.69, 9.17) is 0 Å². The van der Waals surface area contributed by atoms with Gasteiger partial charge in [0.05, 0.1) is 0 Å². The maximum absolute atomic E-state index is 12.4. The average Bonchev–Trinajstić information content (AvgIpc) is 2.69. The minimum atomic E-state index is 0.0561. The first kappa shape index (κ1) is 14.6. The maximum Gasteiger partial charge on any atom is 0.165 e. The smallest absolute Gasteiger partial charge is 0.165 e. The number of Topliss-reactive ketones (excluding diaryl/α,β-unsaturated/α-hetero) is 1. The number of rotatable bonds is 2. The van der Waals surface area contributed by atoms with E-state index < -0.39 is 0 Å². The van der Waals surface area contributed by atoms with Crippen molar-refractivity contribution in [3.05, 3.63) is 57.3 Å². The summed E-state index contributed by atoms with van der Waals surface area (Å²) in [5.41, 5.74) is 4.60. The number of hydrogen-bond donors (Lipinski definition) is 0. The third-order valence-electron chi connectivity index (χ3n) is 4.29. The minimum Gasteiger partial charge on any atom is -0.344 e. The molecule has 0 fully saturated rings. The molecule has 0 N–H and O–H groups in total. The van der Waals surface area contributed by atoms with E-state index in [2.05, 4.69) is 65.5 Å². The second-order valence-corrected chi connectivity index (χ2v) is 7.62. The van der Waals surface area contributed by atoms with Crippen molar-refractivity contribution in [1.29, 1.82) is 0 Å². The van der Waals surface area contributed by atoms with Gasteiger partial charge in [0.15, 0.2) is 5.78 Å². The highest BCUT2D eigenvalue weighted by atomic mass is 79.9. The number of aromatic nitrogens is 1. The monoisotopic (exact) mass is 345 g/mol. The van der Waals surface area contributed by atoms with Crippen molar-refractivity contribution in [3.63, 3.8) is 0 Å². The van der Waals surface area contributed by atoms with Gasteiger partial charge < -0.3 is 4.57 Å². The Kier molecular flexibility index (Phi) is 3.56. The summed E-state index contributed by atoms with van der Waals surface area (Å²) in [7, 11) is 0. The molecule has 2 aromatic rings. The molecule has 0 aliphatic heterocycles. The zero-order chi connectivity index (χ0) is 15.2. The summed E-state index contributed by atoms with van der Waals surface area (Å²) in [6.07, 6.45) is 1.62. The Morgan fingerprint density at radius 2 is 1.95 bits per heavy atom. The van der Waals surface area contributed by atoms with Gasteiger partial charge in [0, 0.05) is 34.4 Å². The minimum absolute atomic E-state index is 0.0561. The molecule has 0 amide bonds. The van der Waals surface area contributed by atoms with Crippen LogP contribution in [0, 0.1) is 12.3 Å². The lowest BCUT2D eigenvalue weighted by Gasteiger charge is -2.30. The first-order chi connectivity index (χ1) is 9.87. The SMILES string of the molecule is Cc1cc2c(n1Cc1ccccc1Br)CC(C)(C)CC2=O. The molecular weight excluding hydrogens is 326 g/mol. The molecule has 1 aromatic heterocycles. The zero-order valence-corrected chi connectivity index (χ0v) is 14.3. The standard InChI is InChI=1S/C18H20BrNO/c1-12-8-14-16(9-18(2,3)10-17(14)21)20(12)11-13-6-4-5-7-15(13)19/h4-8H,9-11H2,1-3H3. The van der Waals surface area contributed by atoms with Crippen LogP contribution in [-0.4, -0.2) is 10.4 Å². The number of nitrogens with zero attached hydrogens (tertiary/aromatic N) is 1. The second-order valence-electron chi connectivity index (χ2n) is 6.76. The van der Waals surface area contributed by atoms with Gasteiger partial charge in [-0.1, -0.05) is 48.0 Å². The number of ketones is 1. The topological polar surface area (TPSA) is 22.0 Å². The number of halogens is 1. The summed E-state index contributed by atoms with van der Waals surface area (Å²) in [4.78, 5) is 12.4. The van der Waals surface area contributed by atoms with E-state index in [0.29, 0.717) is 6.42 Å². The highest BCUT2D eigenvalue weighted by Gasteiger charge is 2.33. The fraction of sp³-hybridized carbons (Fsp3) is 0.389. The van der Waals surface area contributed by atoms with Crippen LogP contribution in [0.15, 0.2) is 34.8 Å². The molecule has 0 unspecified atom stereocenters. The molecule has 110 valence electrons. The molecule has 21 heavy (non-hydrogen) atoms. The molecule has 0 spiro atoms. The van der Waals surface area contributed by atoms with Gasteiger partial charge in [-0.3, -0.25) is 4.79 Å². The third-order valence-corrected chi connectivity index (χ3v) is 5.06. The van der Waals surface area contributed by atoms with Crippen LogP contribution in [0.1, 0.15) is 47.6 Å². The van der Waals surface area contributed by atoms with E-state index in [-0.39, 0.29) is 11.2 Å². The Labute approximate surface area is 134 Å². The van der Waals surface area contributed by atoms with Crippen LogP contribution < -0.4 is 0 Å².